The molecule has 1 rings (SSSR count). The fraction of sp³-hybridized carbons (Fsp3) is 0.562. The second-order valence-corrected chi connectivity index (χ2v) is 5.85. The first kappa shape index (κ1) is 17.8. The van der Waals surface area contributed by atoms with Crippen LogP contribution in [0.2, 0.25) is 5.02 Å². The van der Waals surface area contributed by atoms with Crippen molar-refractivity contribution in [1.82, 2.24) is 4.90 Å². The van der Waals surface area contributed by atoms with Gasteiger partial charge in [0.2, 0.25) is 5.91 Å². The van der Waals surface area contributed by atoms with Crippen molar-refractivity contribution in [2.45, 2.75) is 33.6 Å². The molecule has 0 aliphatic heterocycles. The molecule has 1 amide bonds. The Hall–Kier alpha value is -1.26. The first-order valence-corrected chi connectivity index (χ1v) is 7.91. The Balaban J connectivity index is 2.43. The number of benzene rings is 1. The van der Waals surface area contributed by atoms with E-state index in [-0.39, 0.29) is 5.91 Å². The number of halogens is 1. The third kappa shape index (κ3) is 6.36. The van der Waals surface area contributed by atoms with Gasteiger partial charge >= 0.3 is 0 Å². The zero-order chi connectivity index (χ0) is 15.8. The molecule has 3 N–H and O–H groups in total. The summed E-state index contributed by atoms with van der Waals surface area (Å²) in [7, 11) is 0. The smallest absolute Gasteiger partial charge is 0.225 e. The molecule has 1 aromatic rings. The Morgan fingerprint density at radius 1 is 1.43 bits per heavy atom. The van der Waals surface area contributed by atoms with Gasteiger partial charge in [0.15, 0.2) is 0 Å². The van der Waals surface area contributed by atoms with Crippen LogP contribution in [0.4, 0.5) is 11.4 Å². The van der Waals surface area contributed by atoms with E-state index in [9.17, 15) is 4.79 Å². The van der Waals surface area contributed by atoms with Crippen molar-refractivity contribution in [2.75, 3.05) is 30.7 Å². The Morgan fingerprint density at radius 3 is 2.71 bits per heavy atom. The number of nitrogens with zero attached hydrogens (tertiary/aromatic N) is 1. The monoisotopic (exact) mass is 311 g/mol. The van der Waals surface area contributed by atoms with Crippen LogP contribution in [0.25, 0.3) is 0 Å². The first-order chi connectivity index (χ1) is 9.96. The molecule has 0 bridgehead atoms. The highest BCUT2D eigenvalue weighted by molar-refractivity contribution is 6.33. The zero-order valence-corrected chi connectivity index (χ0v) is 13.9. The normalized spacial score (nSPS) is 12.4. The van der Waals surface area contributed by atoms with Crippen molar-refractivity contribution in [1.29, 1.82) is 0 Å². The van der Waals surface area contributed by atoms with E-state index in [1.165, 1.54) is 0 Å². The molecule has 0 aliphatic carbocycles. The van der Waals surface area contributed by atoms with Gasteiger partial charge in [0.1, 0.15) is 0 Å². The second-order valence-electron chi connectivity index (χ2n) is 5.44. The average Bonchev–Trinajstić information content (AvgIpc) is 2.47. The van der Waals surface area contributed by atoms with Crippen LogP contribution in [0, 0.1) is 5.92 Å². The lowest BCUT2D eigenvalue weighted by atomic mass is 10.1. The van der Waals surface area contributed by atoms with Crippen LogP contribution in [0.5, 0.6) is 0 Å². The summed E-state index contributed by atoms with van der Waals surface area (Å²) < 4.78 is 0. The van der Waals surface area contributed by atoms with Gasteiger partial charge in [-0.2, -0.15) is 0 Å². The van der Waals surface area contributed by atoms with Crippen LogP contribution in [0.3, 0.4) is 0 Å². The molecule has 0 saturated heterocycles. The van der Waals surface area contributed by atoms with Gasteiger partial charge in [-0.3, -0.25) is 4.79 Å². The third-order valence-corrected chi connectivity index (χ3v) is 3.99. The number of carbonyl (C=O) groups is 1. The molecule has 1 atom stereocenters. The van der Waals surface area contributed by atoms with Gasteiger partial charge in [0.05, 0.1) is 10.7 Å². The summed E-state index contributed by atoms with van der Waals surface area (Å²) in [4.78, 5) is 14.3. The lowest BCUT2D eigenvalue weighted by Gasteiger charge is -2.23. The van der Waals surface area contributed by atoms with Crippen molar-refractivity contribution in [3.8, 4) is 0 Å². The quantitative estimate of drug-likeness (QED) is 0.721. The molecular formula is C16H26ClN3O. The number of rotatable bonds is 8. The summed E-state index contributed by atoms with van der Waals surface area (Å²) in [5.41, 5.74) is 6.88. The van der Waals surface area contributed by atoms with E-state index in [1.54, 1.807) is 18.2 Å². The number of nitrogens with two attached hydrogens (primary N) is 1. The maximum Gasteiger partial charge on any atom is 0.225 e. The van der Waals surface area contributed by atoms with E-state index in [0.717, 1.165) is 26.1 Å². The predicted molar refractivity (Wildman–Crippen MR) is 90.7 cm³/mol. The molecule has 1 aromatic carbocycles. The van der Waals surface area contributed by atoms with Gasteiger partial charge in [0.25, 0.3) is 0 Å². The average molecular weight is 312 g/mol. The van der Waals surface area contributed by atoms with Gasteiger partial charge in [-0.25, -0.2) is 0 Å². The first-order valence-electron chi connectivity index (χ1n) is 7.53. The molecule has 0 aliphatic rings. The maximum absolute atomic E-state index is 12.0. The summed E-state index contributed by atoms with van der Waals surface area (Å²) in [5.74, 6) is 0.656. The Bertz CT molecular complexity index is 465. The lowest BCUT2D eigenvalue weighted by molar-refractivity contribution is -0.116. The molecule has 0 aromatic heterocycles. The van der Waals surface area contributed by atoms with E-state index >= 15 is 0 Å². The maximum atomic E-state index is 12.0. The van der Waals surface area contributed by atoms with E-state index in [0.29, 0.717) is 28.7 Å². The van der Waals surface area contributed by atoms with Crippen LogP contribution in [0.1, 0.15) is 33.6 Å². The van der Waals surface area contributed by atoms with Crippen LogP contribution < -0.4 is 11.1 Å². The highest BCUT2D eigenvalue weighted by Gasteiger charge is 2.10. The van der Waals surface area contributed by atoms with Crippen LogP contribution in [-0.2, 0) is 4.79 Å². The minimum atomic E-state index is -0.000626. The van der Waals surface area contributed by atoms with Gasteiger partial charge in [-0.15, -0.1) is 0 Å². The highest BCUT2D eigenvalue weighted by Crippen LogP contribution is 2.22. The van der Waals surface area contributed by atoms with Gasteiger partial charge in [0, 0.05) is 25.2 Å². The van der Waals surface area contributed by atoms with E-state index < -0.39 is 0 Å². The van der Waals surface area contributed by atoms with Gasteiger partial charge in [-0.1, -0.05) is 38.8 Å². The minimum absolute atomic E-state index is 0.000626. The number of carbonyl (C=O) groups excluding carboxylic acids is 1. The van der Waals surface area contributed by atoms with Crippen molar-refractivity contribution in [3.05, 3.63) is 23.2 Å². The largest absolute Gasteiger partial charge is 0.397 e. The SMILES string of the molecule is CCC(C)CN(CC)CCC(=O)Nc1ccc(Cl)c(N)c1. The van der Waals surface area contributed by atoms with Crippen molar-refractivity contribution >= 4 is 28.9 Å². The number of nitrogen functional groups attached to an aromatic ring is 1. The number of nitrogens with one attached hydrogen (secondary N) is 1. The molecule has 0 heterocycles. The lowest BCUT2D eigenvalue weighted by Crippen LogP contribution is -2.31. The van der Waals surface area contributed by atoms with Gasteiger partial charge < -0.3 is 16.0 Å². The van der Waals surface area contributed by atoms with E-state index in [4.69, 9.17) is 17.3 Å². The molecule has 1 unspecified atom stereocenters. The summed E-state index contributed by atoms with van der Waals surface area (Å²) in [6.45, 7) is 9.32. The summed E-state index contributed by atoms with van der Waals surface area (Å²) in [6, 6.07) is 5.12. The molecule has 118 valence electrons. The van der Waals surface area contributed by atoms with Crippen LogP contribution >= 0.6 is 11.6 Å². The van der Waals surface area contributed by atoms with Crippen LogP contribution in [0.15, 0.2) is 18.2 Å². The molecule has 0 saturated carbocycles. The molecule has 0 radical (unpaired) electrons. The summed E-state index contributed by atoms with van der Waals surface area (Å²) >= 11 is 5.86. The van der Waals surface area contributed by atoms with Crippen molar-refractivity contribution in [3.63, 3.8) is 0 Å². The molecule has 0 fully saturated rings. The number of amides is 1. The summed E-state index contributed by atoms with van der Waals surface area (Å²) in [6.07, 6.45) is 1.64. The topological polar surface area (TPSA) is 58.4 Å². The molecule has 21 heavy (non-hydrogen) atoms. The predicted octanol–water partition coefficient (Wildman–Crippen LogP) is 3.62. The summed E-state index contributed by atoms with van der Waals surface area (Å²) in [5, 5.41) is 3.35. The fourth-order valence-corrected chi connectivity index (χ4v) is 2.17. The molecule has 0 spiro atoms. The van der Waals surface area contributed by atoms with E-state index in [2.05, 4.69) is 31.0 Å². The number of hydrogen-bond donors (Lipinski definition) is 2. The van der Waals surface area contributed by atoms with Crippen molar-refractivity contribution < 1.29 is 4.79 Å². The molecular weight excluding hydrogens is 286 g/mol. The van der Waals surface area contributed by atoms with Crippen molar-refractivity contribution in [2.24, 2.45) is 5.92 Å². The Morgan fingerprint density at radius 2 is 2.14 bits per heavy atom. The molecule has 5 heteroatoms. The standard InChI is InChI=1S/C16H26ClN3O/c1-4-12(3)11-20(5-2)9-8-16(21)19-13-6-7-14(17)15(18)10-13/h6-7,10,12H,4-5,8-9,11,18H2,1-3H3,(H,19,21). The fourth-order valence-electron chi connectivity index (χ4n) is 2.05. The highest BCUT2D eigenvalue weighted by atomic mass is 35.5. The minimum Gasteiger partial charge on any atom is -0.397 e. The Labute approximate surface area is 132 Å². The number of hydrogen-bond acceptors (Lipinski definition) is 3. The number of anilines is 2. The van der Waals surface area contributed by atoms with Gasteiger partial charge in [-0.05, 0) is 30.7 Å². The molecule has 4 nitrogen and oxygen atoms in total. The zero-order valence-electron chi connectivity index (χ0n) is 13.2. The van der Waals surface area contributed by atoms with E-state index in [1.807, 2.05) is 0 Å². The Kier molecular flexibility index (Phi) is 7.54. The van der Waals surface area contributed by atoms with Crippen LogP contribution in [-0.4, -0.2) is 30.4 Å². The third-order valence-electron chi connectivity index (χ3n) is 3.65. The second kappa shape index (κ2) is 8.90.